The van der Waals surface area contributed by atoms with Crippen molar-refractivity contribution in [3.63, 3.8) is 0 Å². The van der Waals surface area contributed by atoms with Gasteiger partial charge >= 0.3 is 0 Å². The van der Waals surface area contributed by atoms with Crippen molar-refractivity contribution in [2.75, 3.05) is 19.0 Å². The van der Waals surface area contributed by atoms with Crippen LogP contribution < -0.4 is 14.8 Å². The van der Waals surface area contributed by atoms with Gasteiger partial charge in [-0.1, -0.05) is 19.1 Å². The van der Waals surface area contributed by atoms with E-state index in [1.165, 1.54) is 4.88 Å². The van der Waals surface area contributed by atoms with E-state index in [1.54, 1.807) is 18.4 Å². The number of allylic oxidation sites excluding steroid dienone is 1. The van der Waals surface area contributed by atoms with Gasteiger partial charge in [0.15, 0.2) is 23.2 Å². The monoisotopic (exact) mass is 372 g/mol. The molecule has 2 aromatic rings. The predicted octanol–water partition coefficient (Wildman–Crippen LogP) is 4.02. The zero-order valence-electron chi connectivity index (χ0n) is 15.2. The van der Waals surface area contributed by atoms with Gasteiger partial charge in [0.05, 0.1) is 12.8 Å². The highest BCUT2D eigenvalue weighted by Crippen LogP contribution is 2.32. The van der Waals surface area contributed by atoms with Gasteiger partial charge in [-0.25, -0.2) is 4.98 Å². The fourth-order valence-corrected chi connectivity index (χ4v) is 4.20. The maximum absolute atomic E-state index is 12.2. The maximum atomic E-state index is 12.2. The molecule has 1 N–H and O–H groups in total. The first-order valence-electron chi connectivity index (χ1n) is 8.78. The number of ether oxygens (including phenoxy) is 2. The minimum atomic E-state index is -0.221. The topological polar surface area (TPSA) is 60.5 Å². The third-order valence-electron chi connectivity index (χ3n) is 4.40. The van der Waals surface area contributed by atoms with Crippen LogP contribution in [0.2, 0.25) is 0 Å². The molecule has 1 aliphatic carbocycles. The Balaban J connectivity index is 1.58. The molecule has 138 valence electrons. The molecule has 1 aromatic carbocycles. The summed E-state index contributed by atoms with van der Waals surface area (Å²) >= 11 is 1.57. The smallest absolute Gasteiger partial charge is 0.264 e. The van der Waals surface area contributed by atoms with Gasteiger partial charge in [0.2, 0.25) is 0 Å². The van der Waals surface area contributed by atoms with Gasteiger partial charge in [-0.05, 0) is 49.3 Å². The number of nitrogens with zero attached hydrogens (tertiary/aromatic N) is 1. The summed E-state index contributed by atoms with van der Waals surface area (Å²) in [6.07, 6.45) is 5.79. The third-order valence-corrected chi connectivity index (χ3v) is 5.43. The van der Waals surface area contributed by atoms with Crippen molar-refractivity contribution in [1.29, 1.82) is 0 Å². The Morgan fingerprint density at radius 2 is 2.31 bits per heavy atom. The molecule has 0 bridgehead atoms. The largest absolute Gasteiger partial charge is 0.493 e. The van der Waals surface area contributed by atoms with Crippen LogP contribution in [0, 0.1) is 5.92 Å². The average Bonchev–Trinajstić information content (AvgIpc) is 3.01. The van der Waals surface area contributed by atoms with Crippen molar-refractivity contribution >= 4 is 22.4 Å². The Hall–Kier alpha value is -2.34. The normalized spacial score (nSPS) is 15.8. The molecule has 1 atom stereocenters. The van der Waals surface area contributed by atoms with E-state index in [4.69, 9.17) is 9.47 Å². The summed E-state index contributed by atoms with van der Waals surface area (Å²) in [5.74, 6) is 1.62. The molecule has 0 spiro atoms. The summed E-state index contributed by atoms with van der Waals surface area (Å²) in [7, 11) is 1.58. The molecule has 1 heterocycles. The van der Waals surface area contributed by atoms with Gasteiger partial charge in [-0.2, -0.15) is 0 Å². The first-order valence-corrected chi connectivity index (χ1v) is 9.59. The van der Waals surface area contributed by atoms with E-state index >= 15 is 0 Å². The van der Waals surface area contributed by atoms with E-state index in [0.29, 0.717) is 22.5 Å². The third kappa shape index (κ3) is 4.43. The van der Waals surface area contributed by atoms with E-state index in [-0.39, 0.29) is 12.5 Å². The first kappa shape index (κ1) is 18.5. The molecule has 0 saturated heterocycles. The zero-order valence-corrected chi connectivity index (χ0v) is 16.0. The number of benzene rings is 1. The highest BCUT2D eigenvalue weighted by Gasteiger charge is 2.20. The van der Waals surface area contributed by atoms with Crippen LogP contribution in [0.5, 0.6) is 11.5 Å². The van der Waals surface area contributed by atoms with Crippen LogP contribution in [-0.2, 0) is 24.1 Å². The van der Waals surface area contributed by atoms with E-state index in [2.05, 4.69) is 23.8 Å². The van der Waals surface area contributed by atoms with Gasteiger partial charge in [0.25, 0.3) is 5.91 Å². The van der Waals surface area contributed by atoms with Crippen LogP contribution in [0.15, 0.2) is 30.9 Å². The Bertz CT molecular complexity index is 800. The lowest BCUT2D eigenvalue weighted by molar-refractivity contribution is -0.118. The molecular formula is C20H24N2O3S. The molecule has 0 radical (unpaired) electrons. The summed E-state index contributed by atoms with van der Waals surface area (Å²) in [5.41, 5.74) is 2.21. The second kappa shape index (κ2) is 8.36. The number of carbonyl (C=O) groups excluding carboxylic acids is 1. The lowest BCUT2D eigenvalue weighted by atomic mass is 9.93. The predicted molar refractivity (Wildman–Crippen MR) is 104 cm³/mol. The number of hydrogen-bond acceptors (Lipinski definition) is 5. The molecule has 1 aromatic heterocycles. The molecule has 0 saturated carbocycles. The lowest BCUT2D eigenvalue weighted by Crippen LogP contribution is -2.20. The van der Waals surface area contributed by atoms with Gasteiger partial charge in [-0.3, -0.25) is 10.1 Å². The number of thiazole rings is 1. The molecule has 26 heavy (non-hydrogen) atoms. The van der Waals surface area contributed by atoms with E-state index in [1.807, 2.05) is 24.3 Å². The van der Waals surface area contributed by atoms with E-state index in [0.717, 1.165) is 36.9 Å². The van der Waals surface area contributed by atoms with Gasteiger partial charge in [-0.15, -0.1) is 17.9 Å². The number of methoxy groups -OCH3 is 1. The molecule has 0 fully saturated rings. The van der Waals surface area contributed by atoms with Crippen LogP contribution >= 0.6 is 11.3 Å². The fraction of sp³-hybridized carbons (Fsp3) is 0.400. The van der Waals surface area contributed by atoms with Crippen LogP contribution in [0.1, 0.15) is 29.5 Å². The number of aromatic nitrogens is 1. The standard InChI is InChI=1S/C20H24N2O3S/c1-4-5-14-7-9-16(17(11-14)24-3)25-12-19(23)22-20-21-15-8-6-13(2)10-18(15)26-20/h4,7,9,11,13H,1,5-6,8,10,12H2,2-3H3,(H,21,22,23). The van der Waals surface area contributed by atoms with Gasteiger partial charge < -0.3 is 9.47 Å². The first-order chi connectivity index (χ1) is 12.6. The summed E-state index contributed by atoms with van der Waals surface area (Å²) in [6.45, 7) is 5.90. The Kier molecular flexibility index (Phi) is 5.93. The maximum Gasteiger partial charge on any atom is 0.264 e. The van der Waals surface area contributed by atoms with Crippen LogP contribution in [0.3, 0.4) is 0 Å². The number of fused-ring (bicyclic) bond motifs is 1. The van der Waals surface area contributed by atoms with Gasteiger partial charge in [0, 0.05) is 4.88 Å². The number of amides is 1. The van der Waals surface area contributed by atoms with Crippen LogP contribution in [0.4, 0.5) is 5.13 Å². The Morgan fingerprint density at radius 1 is 1.46 bits per heavy atom. The van der Waals surface area contributed by atoms with Crippen LogP contribution in [-0.4, -0.2) is 24.6 Å². The number of anilines is 1. The fourth-order valence-electron chi connectivity index (χ4n) is 3.02. The highest BCUT2D eigenvalue weighted by molar-refractivity contribution is 7.15. The summed E-state index contributed by atoms with van der Waals surface area (Å²) in [4.78, 5) is 18.0. The lowest BCUT2D eigenvalue weighted by Gasteiger charge is -2.15. The molecule has 5 nitrogen and oxygen atoms in total. The molecule has 1 aliphatic rings. The molecule has 1 amide bonds. The minimum Gasteiger partial charge on any atom is -0.493 e. The SMILES string of the molecule is C=CCc1ccc(OCC(=O)Nc2nc3c(s2)CC(C)CC3)c(OC)c1. The molecular weight excluding hydrogens is 348 g/mol. The van der Waals surface area contributed by atoms with Crippen molar-refractivity contribution in [3.05, 3.63) is 47.0 Å². The number of hydrogen-bond donors (Lipinski definition) is 1. The van der Waals surface area contributed by atoms with E-state index < -0.39 is 0 Å². The van der Waals surface area contributed by atoms with Crippen molar-refractivity contribution in [1.82, 2.24) is 4.98 Å². The summed E-state index contributed by atoms with van der Waals surface area (Å²) in [6, 6.07) is 5.65. The minimum absolute atomic E-state index is 0.0855. The van der Waals surface area contributed by atoms with Crippen molar-refractivity contribution in [3.8, 4) is 11.5 Å². The average molecular weight is 372 g/mol. The van der Waals surface area contributed by atoms with Gasteiger partial charge in [0.1, 0.15) is 0 Å². The number of rotatable bonds is 7. The zero-order chi connectivity index (χ0) is 18.5. The van der Waals surface area contributed by atoms with Crippen LogP contribution in [0.25, 0.3) is 0 Å². The molecule has 1 unspecified atom stereocenters. The van der Waals surface area contributed by atoms with Crippen molar-refractivity contribution < 1.29 is 14.3 Å². The Morgan fingerprint density at radius 3 is 3.08 bits per heavy atom. The van der Waals surface area contributed by atoms with Crippen molar-refractivity contribution in [2.45, 2.75) is 32.6 Å². The second-order valence-corrected chi connectivity index (χ2v) is 7.64. The molecule has 3 rings (SSSR count). The molecule has 0 aliphatic heterocycles. The van der Waals surface area contributed by atoms with E-state index in [9.17, 15) is 4.79 Å². The summed E-state index contributed by atoms with van der Waals surface area (Å²) in [5, 5.41) is 3.50. The number of nitrogens with one attached hydrogen (secondary N) is 1. The second-order valence-electron chi connectivity index (χ2n) is 6.55. The number of aryl methyl sites for hydroxylation is 1. The van der Waals surface area contributed by atoms with Crippen molar-refractivity contribution in [2.24, 2.45) is 5.92 Å². The molecule has 6 heteroatoms. The number of carbonyl (C=O) groups is 1. The quantitative estimate of drug-likeness (QED) is 0.746. The Labute approximate surface area is 158 Å². The summed E-state index contributed by atoms with van der Waals surface area (Å²) < 4.78 is 11.0. The highest BCUT2D eigenvalue weighted by atomic mass is 32.1.